The molecule has 16 heavy (non-hydrogen) atoms. The van der Waals surface area contributed by atoms with Crippen LogP contribution in [0.5, 0.6) is 0 Å². The number of nitrogens with zero attached hydrogens (tertiary/aromatic N) is 2. The molecule has 0 saturated carbocycles. The lowest BCUT2D eigenvalue weighted by atomic mass is 9.87. The van der Waals surface area contributed by atoms with Crippen molar-refractivity contribution < 1.29 is 0 Å². The van der Waals surface area contributed by atoms with Crippen LogP contribution in [0.15, 0.2) is 0 Å². The van der Waals surface area contributed by atoms with Gasteiger partial charge in [-0.05, 0) is 18.3 Å². The quantitative estimate of drug-likeness (QED) is 0.729. The highest BCUT2D eigenvalue weighted by Gasteiger charge is 2.35. The zero-order valence-electron chi connectivity index (χ0n) is 10.9. The van der Waals surface area contributed by atoms with E-state index in [1.165, 1.54) is 5.56 Å². The summed E-state index contributed by atoms with van der Waals surface area (Å²) < 4.78 is 0. The highest BCUT2D eigenvalue weighted by molar-refractivity contribution is 5.50. The van der Waals surface area contributed by atoms with E-state index in [-0.39, 0.29) is 10.8 Å². The molecule has 1 aromatic heterocycles. The second-order valence-corrected chi connectivity index (χ2v) is 6.39. The van der Waals surface area contributed by atoms with Crippen LogP contribution in [-0.2, 0) is 17.3 Å². The molecule has 3 heteroatoms. The van der Waals surface area contributed by atoms with E-state index < -0.39 is 0 Å². The van der Waals surface area contributed by atoms with Gasteiger partial charge in [-0.25, -0.2) is 9.97 Å². The van der Waals surface area contributed by atoms with Gasteiger partial charge in [-0.2, -0.15) is 0 Å². The Kier molecular flexibility index (Phi) is 2.26. The lowest BCUT2D eigenvalue weighted by molar-refractivity contribution is 0.520. The van der Waals surface area contributed by atoms with Gasteiger partial charge in [-0.15, -0.1) is 0 Å². The van der Waals surface area contributed by atoms with Gasteiger partial charge in [0, 0.05) is 11.0 Å². The van der Waals surface area contributed by atoms with Gasteiger partial charge in [0.15, 0.2) is 0 Å². The molecule has 0 saturated heterocycles. The lowest BCUT2D eigenvalue weighted by Crippen LogP contribution is -2.21. The summed E-state index contributed by atoms with van der Waals surface area (Å²) in [5.41, 5.74) is 8.52. The van der Waals surface area contributed by atoms with E-state index in [0.29, 0.717) is 5.82 Å². The Balaban J connectivity index is 2.59. The summed E-state index contributed by atoms with van der Waals surface area (Å²) in [6.07, 6.45) is 2.15. The number of nitrogen functional groups attached to an aromatic ring is 1. The predicted molar refractivity (Wildman–Crippen MR) is 66.5 cm³/mol. The Labute approximate surface area is 97.5 Å². The third kappa shape index (κ3) is 1.68. The van der Waals surface area contributed by atoms with Crippen LogP contribution in [0.3, 0.4) is 0 Å². The van der Waals surface area contributed by atoms with Crippen molar-refractivity contribution in [1.29, 1.82) is 0 Å². The molecule has 0 unspecified atom stereocenters. The van der Waals surface area contributed by atoms with Crippen molar-refractivity contribution in [2.24, 2.45) is 0 Å². The van der Waals surface area contributed by atoms with Crippen molar-refractivity contribution in [3.05, 3.63) is 17.1 Å². The largest absolute Gasteiger partial charge is 0.383 e. The minimum atomic E-state index is -0.0319. The Morgan fingerprint density at radius 2 is 1.81 bits per heavy atom. The first kappa shape index (κ1) is 11.4. The Morgan fingerprint density at radius 1 is 1.19 bits per heavy atom. The Morgan fingerprint density at radius 3 is 2.38 bits per heavy atom. The SMILES string of the molecule is CC(C)(C)c1nc(N)c2c(n1)CCC2(C)C. The molecule has 0 aromatic carbocycles. The van der Waals surface area contributed by atoms with Crippen LogP contribution >= 0.6 is 0 Å². The van der Waals surface area contributed by atoms with Crippen LogP contribution < -0.4 is 5.73 Å². The van der Waals surface area contributed by atoms with Gasteiger partial charge in [0.2, 0.25) is 0 Å². The van der Waals surface area contributed by atoms with Gasteiger partial charge in [-0.3, -0.25) is 0 Å². The molecule has 0 bridgehead atoms. The first-order chi connectivity index (χ1) is 7.22. The molecule has 3 nitrogen and oxygen atoms in total. The fourth-order valence-electron chi connectivity index (χ4n) is 2.34. The van der Waals surface area contributed by atoms with Gasteiger partial charge < -0.3 is 5.73 Å². The summed E-state index contributed by atoms with van der Waals surface area (Å²) in [7, 11) is 0. The number of hydrogen-bond donors (Lipinski definition) is 1. The van der Waals surface area contributed by atoms with Crippen molar-refractivity contribution in [1.82, 2.24) is 9.97 Å². The van der Waals surface area contributed by atoms with Crippen molar-refractivity contribution in [2.75, 3.05) is 5.73 Å². The Hall–Kier alpha value is -1.12. The van der Waals surface area contributed by atoms with Gasteiger partial charge in [0.25, 0.3) is 0 Å². The average molecular weight is 219 g/mol. The second-order valence-electron chi connectivity index (χ2n) is 6.39. The number of fused-ring (bicyclic) bond motifs is 1. The van der Waals surface area contributed by atoms with Crippen molar-refractivity contribution >= 4 is 5.82 Å². The van der Waals surface area contributed by atoms with E-state index in [1.807, 2.05) is 0 Å². The Bertz CT molecular complexity index is 428. The molecular formula is C13H21N3. The summed E-state index contributed by atoms with van der Waals surface area (Å²) in [4.78, 5) is 9.17. The number of rotatable bonds is 0. The van der Waals surface area contributed by atoms with Gasteiger partial charge in [0.05, 0.1) is 5.69 Å². The monoisotopic (exact) mass is 219 g/mol. The van der Waals surface area contributed by atoms with Crippen LogP contribution in [0.4, 0.5) is 5.82 Å². The summed E-state index contributed by atoms with van der Waals surface area (Å²) in [5.74, 6) is 1.54. The minimum Gasteiger partial charge on any atom is -0.383 e. The van der Waals surface area contributed by atoms with Crippen LogP contribution in [0.1, 0.15) is 58.1 Å². The number of aryl methyl sites for hydroxylation is 1. The fraction of sp³-hybridized carbons (Fsp3) is 0.692. The maximum Gasteiger partial charge on any atom is 0.136 e. The van der Waals surface area contributed by atoms with E-state index in [4.69, 9.17) is 5.73 Å². The maximum absolute atomic E-state index is 6.09. The molecule has 0 atom stereocenters. The van der Waals surface area contributed by atoms with E-state index in [1.54, 1.807) is 0 Å². The average Bonchev–Trinajstić information content (AvgIpc) is 2.41. The second kappa shape index (κ2) is 3.19. The molecule has 0 radical (unpaired) electrons. The molecule has 1 aromatic rings. The van der Waals surface area contributed by atoms with E-state index in [0.717, 1.165) is 24.4 Å². The molecule has 0 amide bonds. The minimum absolute atomic E-state index is 0.0319. The molecular weight excluding hydrogens is 198 g/mol. The van der Waals surface area contributed by atoms with Crippen molar-refractivity contribution in [3.8, 4) is 0 Å². The highest BCUT2D eigenvalue weighted by Crippen LogP contribution is 2.40. The molecule has 2 N–H and O–H groups in total. The predicted octanol–water partition coefficient (Wildman–Crippen LogP) is 2.58. The molecule has 1 aliphatic carbocycles. The van der Waals surface area contributed by atoms with E-state index in [9.17, 15) is 0 Å². The first-order valence-corrected chi connectivity index (χ1v) is 5.89. The lowest BCUT2D eigenvalue weighted by Gasteiger charge is -2.22. The standard InChI is InChI=1S/C13H21N3/c1-12(2,3)11-15-8-6-7-13(4,5)9(8)10(14)16-11/h6-7H2,1-5H3,(H2,14,15,16). The van der Waals surface area contributed by atoms with E-state index in [2.05, 4.69) is 44.6 Å². The summed E-state index contributed by atoms with van der Waals surface area (Å²) in [5, 5.41) is 0. The summed E-state index contributed by atoms with van der Waals surface area (Å²) >= 11 is 0. The number of anilines is 1. The molecule has 0 aliphatic heterocycles. The zero-order chi connectivity index (χ0) is 12.1. The fourth-order valence-corrected chi connectivity index (χ4v) is 2.34. The first-order valence-electron chi connectivity index (χ1n) is 5.89. The maximum atomic E-state index is 6.09. The van der Waals surface area contributed by atoms with Crippen LogP contribution in [0.25, 0.3) is 0 Å². The zero-order valence-corrected chi connectivity index (χ0v) is 10.9. The van der Waals surface area contributed by atoms with Crippen LogP contribution in [0, 0.1) is 0 Å². The summed E-state index contributed by atoms with van der Waals surface area (Å²) in [6.45, 7) is 10.8. The number of aromatic nitrogens is 2. The molecule has 88 valence electrons. The van der Waals surface area contributed by atoms with Crippen LogP contribution in [-0.4, -0.2) is 9.97 Å². The number of hydrogen-bond acceptors (Lipinski definition) is 3. The number of nitrogens with two attached hydrogens (primary N) is 1. The molecule has 1 aliphatic rings. The third-order valence-corrected chi connectivity index (χ3v) is 3.35. The smallest absolute Gasteiger partial charge is 0.136 e. The molecule has 2 rings (SSSR count). The molecule has 0 fully saturated rings. The van der Waals surface area contributed by atoms with E-state index >= 15 is 0 Å². The van der Waals surface area contributed by atoms with Gasteiger partial charge >= 0.3 is 0 Å². The van der Waals surface area contributed by atoms with Crippen LogP contribution in [0.2, 0.25) is 0 Å². The molecule has 0 spiro atoms. The summed E-state index contributed by atoms with van der Waals surface area (Å²) in [6, 6.07) is 0. The highest BCUT2D eigenvalue weighted by atomic mass is 15.0. The topological polar surface area (TPSA) is 51.8 Å². The van der Waals surface area contributed by atoms with Gasteiger partial charge in [0.1, 0.15) is 11.6 Å². The van der Waals surface area contributed by atoms with Gasteiger partial charge in [-0.1, -0.05) is 34.6 Å². The third-order valence-electron chi connectivity index (χ3n) is 3.35. The molecule has 1 heterocycles. The normalized spacial score (nSPS) is 18.6. The van der Waals surface area contributed by atoms with Crippen molar-refractivity contribution in [3.63, 3.8) is 0 Å². The van der Waals surface area contributed by atoms with Crippen molar-refractivity contribution in [2.45, 2.75) is 58.3 Å².